The fourth-order valence-corrected chi connectivity index (χ4v) is 2.31. The molecule has 1 aromatic carbocycles. The number of halogens is 2. The van der Waals surface area contributed by atoms with Crippen LogP contribution in [0.15, 0.2) is 40.9 Å². The molecule has 2 nitrogen and oxygen atoms in total. The summed E-state index contributed by atoms with van der Waals surface area (Å²) < 4.78 is 13.7. The minimum absolute atomic E-state index is 0.188. The highest BCUT2D eigenvalue weighted by atomic mass is 79.9. The van der Waals surface area contributed by atoms with Gasteiger partial charge in [0, 0.05) is 10.2 Å². The molecule has 94 valence electrons. The fourth-order valence-electron chi connectivity index (χ4n) is 1.80. The summed E-state index contributed by atoms with van der Waals surface area (Å²) >= 11 is 3.35. The predicted octanol–water partition coefficient (Wildman–Crippen LogP) is 3.53. The second-order valence-corrected chi connectivity index (χ2v) is 5.10. The Morgan fingerprint density at radius 1 is 1.33 bits per heavy atom. The summed E-state index contributed by atoms with van der Waals surface area (Å²) in [5, 5.41) is 0. The van der Waals surface area contributed by atoms with Crippen molar-refractivity contribution in [2.24, 2.45) is 5.73 Å². The van der Waals surface area contributed by atoms with Crippen LogP contribution in [0.4, 0.5) is 4.39 Å². The third kappa shape index (κ3) is 3.15. The van der Waals surface area contributed by atoms with Crippen molar-refractivity contribution < 1.29 is 4.39 Å². The lowest BCUT2D eigenvalue weighted by Gasteiger charge is -2.13. The Hall–Kier alpha value is -1.26. The van der Waals surface area contributed by atoms with E-state index in [0.717, 1.165) is 21.4 Å². The van der Waals surface area contributed by atoms with Gasteiger partial charge >= 0.3 is 0 Å². The molecule has 1 aromatic heterocycles. The van der Waals surface area contributed by atoms with Crippen LogP contribution >= 0.6 is 15.9 Å². The van der Waals surface area contributed by atoms with E-state index >= 15 is 0 Å². The summed E-state index contributed by atoms with van der Waals surface area (Å²) in [4.78, 5) is 4.40. The lowest BCUT2D eigenvalue weighted by atomic mass is 10.0. The minimum Gasteiger partial charge on any atom is -0.322 e. The maximum Gasteiger partial charge on any atom is 0.124 e. The van der Waals surface area contributed by atoms with Gasteiger partial charge in [-0.25, -0.2) is 4.39 Å². The van der Waals surface area contributed by atoms with E-state index in [1.54, 1.807) is 6.07 Å². The zero-order valence-corrected chi connectivity index (χ0v) is 11.6. The predicted molar refractivity (Wildman–Crippen MR) is 73.7 cm³/mol. The highest BCUT2D eigenvalue weighted by Crippen LogP contribution is 2.22. The number of rotatable bonds is 3. The van der Waals surface area contributed by atoms with E-state index in [-0.39, 0.29) is 11.9 Å². The molecule has 0 aliphatic rings. The molecule has 18 heavy (non-hydrogen) atoms. The Labute approximate surface area is 114 Å². The van der Waals surface area contributed by atoms with E-state index in [1.807, 2.05) is 25.1 Å². The molecule has 0 amide bonds. The summed E-state index contributed by atoms with van der Waals surface area (Å²) in [6.07, 6.45) is 0.622. The van der Waals surface area contributed by atoms with Crippen molar-refractivity contribution in [3.63, 3.8) is 0 Å². The van der Waals surface area contributed by atoms with Crippen molar-refractivity contribution in [3.05, 3.63) is 63.6 Å². The quantitative estimate of drug-likeness (QED) is 0.942. The van der Waals surface area contributed by atoms with Crippen LogP contribution in [0.2, 0.25) is 0 Å². The molecule has 0 saturated carbocycles. The molecule has 2 N–H and O–H groups in total. The van der Waals surface area contributed by atoms with Crippen molar-refractivity contribution >= 4 is 15.9 Å². The third-order valence-electron chi connectivity index (χ3n) is 2.74. The molecule has 2 aromatic rings. The molecule has 1 heterocycles. The monoisotopic (exact) mass is 308 g/mol. The zero-order chi connectivity index (χ0) is 13.1. The third-order valence-corrected chi connectivity index (χ3v) is 3.48. The van der Waals surface area contributed by atoms with Crippen LogP contribution in [0.3, 0.4) is 0 Å². The van der Waals surface area contributed by atoms with Gasteiger partial charge in [-0.2, -0.15) is 0 Å². The number of hydrogen-bond acceptors (Lipinski definition) is 2. The second kappa shape index (κ2) is 5.59. The first kappa shape index (κ1) is 13.2. The minimum atomic E-state index is -0.257. The van der Waals surface area contributed by atoms with Gasteiger partial charge in [0.15, 0.2) is 0 Å². The van der Waals surface area contributed by atoms with Gasteiger partial charge in [0.2, 0.25) is 0 Å². The standard InChI is InChI=1S/C14H14BrFN2/c1-9-3-2-4-14(18-9)13(17)7-10-5-6-11(16)8-12(10)15/h2-6,8,13H,7,17H2,1H3. The van der Waals surface area contributed by atoms with Crippen molar-refractivity contribution in [1.82, 2.24) is 4.98 Å². The summed E-state index contributed by atoms with van der Waals surface area (Å²) in [6, 6.07) is 10.2. The van der Waals surface area contributed by atoms with Crippen LogP contribution < -0.4 is 5.73 Å². The summed E-state index contributed by atoms with van der Waals surface area (Å²) in [5.74, 6) is -0.257. The molecule has 2 rings (SSSR count). The molecule has 4 heteroatoms. The molecule has 0 aliphatic heterocycles. The first-order valence-corrected chi connectivity index (χ1v) is 6.48. The number of pyridine rings is 1. The Kier molecular flexibility index (Phi) is 4.09. The Morgan fingerprint density at radius 3 is 2.78 bits per heavy atom. The summed E-state index contributed by atoms with van der Waals surface area (Å²) in [5.41, 5.74) is 8.90. The SMILES string of the molecule is Cc1cccc(C(N)Cc2ccc(F)cc2Br)n1. The molecule has 0 fully saturated rings. The average Bonchev–Trinajstić information content (AvgIpc) is 2.32. The van der Waals surface area contributed by atoms with Crippen LogP contribution in [0.5, 0.6) is 0 Å². The first-order chi connectivity index (χ1) is 8.56. The van der Waals surface area contributed by atoms with E-state index in [9.17, 15) is 4.39 Å². The number of benzene rings is 1. The number of nitrogens with zero attached hydrogens (tertiary/aromatic N) is 1. The molecular weight excluding hydrogens is 295 g/mol. The molecule has 1 atom stereocenters. The van der Waals surface area contributed by atoms with Gasteiger partial charge in [-0.1, -0.05) is 28.1 Å². The number of nitrogens with two attached hydrogens (primary N) is 1. The summed E-state index contributed by atoms with van der Waals surface area (Å²) in [7, 11) is 0. The van der Waals surface area contributed by atoms with Crippen LogP contribution in [0.25, 0.3) is 0 Å². The molecule has 1 unspecified atom stereocenters. The largest absolute Gasteiger partial charge is 0.322 e. The molecule has 0 aliphatic carbocycles. The van der Waals surface area contributed by atoms with Gasteiger partial charge < -0.3 is 5.73 Å². The van der Waals surface area contributed by atoms with E-state index in [4.69, 9.17) is 5.73 Å². The molecule has 0 spiro atoms. The lowest BCUT2D eigenvalue weighted by molar-refractivity contribution is 0.623. The van der Waals surface area contributed by atoms with Crippen molar-refractivity contribution in [1.29, 1.82) is 0 Å². The van der Waals surface area contributed by atoms with Gasteiger partial charge in [0.25, 0.3) is 0 Å². The van der Waals surface area contributed by atoms with Gasteiger partial charge in [0.1, 0.15) is 5.82 Å². The maximum atomic E-state index is 13.0. The van der Waals surface area contributed by atoms with E-state index in [1.165, 1.54) is 12.1 Å². The van der Waals surface area contributed by atoms with Crippen molar-refractivity contribution in [2.75, 3.05) is 0 Å². The van der Waals surface area contributed by atoms with E-state index in [0.29, 0.717) is 6.42 Å². The van der Waals surface area contributed by atoms with Crippen molar-refractivity contribution in [3.8, 4) is 0 Å². The highest BCUT2D eigenvalue weighted by molar-refractivity contribution is 9.10. The average molecular weight is 309 g/mol. The molecule has 0 saturated heterocycles. The van der Waals surface area contributed by atoms with Crippen LogP contribution in [-0.4, -0.2) is 4.98 Å². The Balaban J connectivity index is 2.18. The Bertz CT molecular complexity index is 557. The molecule has 0 radical (unpaired) electrons. The fraction of sp³-hybridized carbons (Fsp3) is 0.214. The van der Waals surface area contributed by atoms with Gasteiger partial charge in [-0.15, -0.1) is 0 Å². The second-order valence-electron chi connectivity index (χ2n) is 4.25. The summed E-state index contributed by atoms with van der Waals surface area (Å²) in [6.45, 7) is 1.93. The first-order valence-electron chi connectivity index (χ1n) is 5.69. The maximum absolute atomic E-state index is 13.0. The van der Waals surface area contributed by atoms with Gasteiger partial charge in [-0.3, -0.25) is 4.98 Å². The normalized spacial score (nSPS) is 12.4. The van der Waals surface area contributed by atoms with E-state index < -0.39 is 0 Å². The van der Waals surface area contributed by atoms with Gasteiger partial charge in [-0.05, 0) is 43.2 Å². The lowest BCUT2D eigenvalue weighted by Crippen LogP contribution is -2.15. The number of hydrogen-bond donors (Lipinski definition) is 1. The van der Waals surface area contributed by atoms with Crippen LogP contribution in [0, 0.1) is 12.7 Å². The molecular formula is C14H14BrFN2. The zero-order valence-electron chi connectivity index (χ0n) is 10.0. The molecule has 0 bridgehead atoms. The Morgan fingerprint density at radius 2 is 2.11 bits per heavy atom. The topological polar surface area (TPSA) is 38.9 Å². The number of aromatic nitrogens is 1. The van der Waals surface area contributed by atoms with Crippen LogP contribution in [0.1, 0.15) is 23.0 Å². The van der Waals surface area contributed by atoms with Gasteiger partial charge in [0.05, 0.1) is 11.7 Å². The smallest absolute Gasteiger partial charge is 0.124 e. The van der Waals surface area contributed by atoms with Crippen molar-refractivity contribution in [2.45, 2.75) is 19.4 Å². The highest BCUT2D eigenvalue weighted by Gasteiger charge is 2.11. The van der Waals surface area contributed by atoms with E-state index in [2.05, 4.69) is 20.9 Å². The number of aryl methyl sites for hydroxylation is 1. The van der Waals surface area contributed by atoms with Crippen LogP contribution in [-0.2, 0) is 6.42 Å².